The molecule has 2 aliphatic heterocycles. The maximum atomic E-state index is 12.8. The van der Waals surface area contributed by atoms with Gasteiger partial charge in [-0.15, -0.1) is 0 Å². The van der Waals surface area contributed by atoms with E-state index in [4.69, 9.17) is 4.74 Å². The Morgan fingerprint density at radius 1 is 1.04 bits per heavy atom. The van der Waals surface area contributed by atoms with Gasteiger partial charge in [0.25, 0.3) is 5.91 Å². The fourth-order valence-electron chi connectivity index (χ4n) is 3.25. The van der Waals surface area contributed by atoms with E-state index in [-0.39, 0.29) is 12.0 Å². The van der Waals surface area contributed by atoms with E-state index < -0.39 is 0 Å². The Morgan fingerprint density at radius 3 is 2.35 bits per heavy atom. The fraction of sp³-hybridized carbons (Fsp3) is 0.611. The number of piperazine rings is 2. The molecule has 0 radical (unpaired) electrons. The molecular weight excluding hydrogens is 334 g/mol. The lowest BCUT2D eigenvalue weighted by molar-refractivity contribution is 0.0570. The van der Waals surface area contributed by atoms with E-state index >= 15 is 0 Å². The number of carbonyl (C=O) groups excluding carboxylic acids is 2. The SMILES string of the molecule is CCOC(=O)N1CCN(C(=O)c2ccnc(N3CCN(C)CC3)c2)CC1. The molecule has 1 aromatic rings. The lowest BCUT2D eigenvalue weighted by Gasteiger charge is -2.35. The molecule has 0 atom stereocenters. The summed E-state index contributed by atoms with van der Waals surface area (Å²) in [5, 5.41) is 0. The number of hydrogen-bond donors (Lipinski definition) is 0. The number of rotatable bonds is 3. The summed E-state index contributed by atoms with van der Waals surface area (Å²) in [6.45, 7) is 8.02. The quantitative estimate of drug-likeness (QED) is 0.791. The largest absolute Gasteiger partial charge is 0.450 e. The second-order valence-corrected chi connectivity index (χ2v) is 6.67. The van der Waals surface area contributed by atoms with Crippen molar-refractivity contribution in [2.45, 2.75) is 6.92 Å². The van der Waals surface area contributed by atoms with Crippen molar-refractivity contribution in [1.82, 2.24) is 19.7 Å². The first kappa shape index (κ1) is 18.4. The molecule has 142 valence electrons. The van der Waals surface area contributed by atoms with E-state index in [9.17, 15) is 9.59 Å². The molecule has 8 heteroatoms. The molecule has 2 saturated heterocycles. The molecular formula is C18H27N5O3. The van der Waals surface area contributed by atoms with Gasteiger partial charge in [0.15, 0.2) is 0 Å². The molecule has 8 nitrogen and oxygen atoms in total. The molecule has 0 unspecified atom stereocenters. The third-order valence-corrected chi connectivity index (χ3v) is 4.91. The van der Waals surface area contributed by atoms with Crippen molar-refractivity contribution < 1.29 is 14.3 Å². The number of hydrogen-bond acceptors (Lipinski definition) is 6. The van der Waals surface area contributed by atoms with Gasteiger partial charge in [-0.1, -0.05) is 0 Å². The summed E-state index contributed by atoms with van der Waals surface area (Å²) in [6, 6.07) is 3.64. The number of nitrogens with zero attached hydrogens (tertiary/aromatic N) is 5. The first-order valence-corrected chi connectivity index (χ1v) is 9.19. The zero-order valence-electron chi connectivity index (χ0n) is 15.6. The van der Waals surface area contributed by atoms with Crippen LogP contribution in [0.2, 0.25) is 0 Å². The Balaban J connectivity index is 1.60. The van der Waals surface area contributed by atoms with Crippen molar-refractivity contribution in [3.63, 3.8) is 0 Å². The van der Waals surface area contributed by atoms with Crippen LogP contribution in [0.5, 0.6) is 0 Å². The zero-order valence-corrected chi connectivity index (χ0v) is 15.6. The highest BCUT2D eigenvalue weighted by molar-refractivity contribution is 5.95. The highest BCUT2D eigenvalue weighted by Crippen LogP contribution is 2.17. The van der Waals surface area contributed by atoms with Crippen LogP contribution in [0.1, 0.15) is 17.3 Å². The maximum absolute atomic E-state index is 12.8. The van der Waals surface area contributed by atoms with Gasteiger partial charge in [-0.25, -0.2) is 9.78 Å². The molecule has 0 bridgehead atoms. The summed E-state index contributed by atoms with van der Waals surface area (Å²) >= 11 is 0. The van der Waals surface area contributed by atoms with Gasteiger partial charge in [0.1, 0.15) is 5.82 Å². The first-order chi connectivity index (χ1) is 12.6. The Labute approximate surface area is 154 Å². The van der Waals surface area contributed by atoms with Gasteiger partial charge in [-0.05, 0) is 26.1 Å². The number of pyridine rings is 1. The van der Waals surface area contributed by atoms with Crippen LogP contribution in [0.15, 0.2) is 18.3 Å². The molecule has 0 saturated carbocycles. The Morgan fingerprint density at radius 2 is 1.69 bits per heavy atom. The summed E-state index contributed by atoms with van der Waals surface area (Å²) in [7, 11) is 2.11. The average molecular weight is 361 g/mol. The van der Waals surface area contributed by atoms with Crippen LogP contribution in [0.3, 0.4) is 0 Å². The van der Waals surface area contributed by atoms with Crippen LogP contribution >= 0.6 is 0 Å². The van der Waals surface area contributed by atoms with Crippen molar-refractivity contribution in [1.29, 1.82) is 0 Å². The van der Waals surface area contributed by atoms with E-state index in [2.05, 4.69) is 21.8 Å². The lowest BCUT2D eigenvalue weighted by Crippen LogP contribution is -2.50. The smallest absolute Gasteiger partial charge is 0.409 e. The van der Waals surface area contributed by atoms with Gasteiger partial charge in [-0.3, -0.25) is 4.79 Å². The minimum absolute atomic E-state index is 0.00807. The van der Waals surface area contributed by atoms with E-state index in [1.54, 1.807) is 29.0 Å². The predicted molar refractivity (Wildman–Crippen MR) is 98.4 cm³/mol. The van der Waals surface area contributed by atoms with Crippen molar-refractivity contribution >= 4 is 17.8 Å². The number of carbonyl (C=O) groups is 2. The Bertz CT molecular complexity index is 637. The second-order valence-electron chi connectivity index (χ2n) is 6.67. The normalized spacial score (nSPS) is 18.8. The number of amides is 2. The topological polar surface area (TPSA) is 69.2 Å². The molecule has 2 aliphatic rings. The molecule has 2 amide bonds. The molecule has 1 aromatic heterocycles. The monoisotopic (exact) mass is 361 g/mol. The minimum Gasteiger partial charge on any atom is -0.450 e. The summed E-state index contributed by atoms with van der Waals surface area (Å²) in [5.74, 6) is 0.848. The molecule has 0 spiro atoms. The second kappa shape index (κ2) is 8.35. The van der Waals surface area contributed by atoms with Gasteiger partial charge in [0.05, 0.1) is 6.61 Å². The van der Waals surface area contributed by atoms with E-state index in [1.165, 1.54) is 0 Å². The third-order valence-electron chi connectivity index (χ3n) is 4.91. The van der Waals surface area contributed by atoms with Crippen LogP contribution in [0.25, 0.3) is 0 Å². The molecule has 0 aliphatic carbocycles. The van der Waals surface area contributed by atoms with Crippen molar-refractivity contribution in [3.8, 4) is 0 Å². The number of aromatic nitrogens is 1. The number of likely N-dealkylation sites (N-methyl/N-ethyl adjacent to an activating group) is 1. The van der Waals surface area contributed by atoms with Crippen LogP contribution in [0, 0.1) is 0 Å². The summed E-state index contributed by atoms with van der Waals surface area (Å²) in [4.78, 5) is 37.0. The maximum Gasteiger partial charge on any atom is 0.409 e. The first-order valence-electron chi connectivity index (χ1n) is 9.19. The molecule has 3 rings (SSSR count). The van der Waals surface area contributed by atoms with Gasteiger partial charge in [-0.2, -0.15) is 0 Å². The molecule has 0 aromatic carbocycles. The molecule has 2 fully saturated rings. The van der Waals surface area contributed by atoms with Gasteiger partial charge < -0.3 is 24.3 Å². The van der Waals surface area contributed by atoms with Crippen LogP contribution in [-0.2, 0) is 4.74 Å². The summed E-state index contributed by atoms with van der Waals surface area (Å²) in [6.07, 6.45) is 1.40. The van der Waals surface area contributed by atoms with Crippen LogP contribution in [0.4, 0.5) is 10.6 Å². The van der Waals surface area contributed by atoms with Gasteiger partial charge >= 0.3 is 6.09 Å². The van der Waals surface area contributed by atoms with Crippen molar-refractivity contribution in [2.24, 2.45) is 0 Å². The molecule has 0 N–H and O–H groups in total. The van der Waals surface area contributed by atoms with E-state index in [1.807, 2.05) is 6.07 Å². The van der Waals surface area contributed by atoms with Gasteiger partial charge in [0, 0.05) is 64.1 Å². The third kappa shape index (κ3) is 4.24. The Kier molecular flexibility index (Phi) is 5.92. The summed E-state index contributed by atoms with van der Waals surface area (Å²) in [5.41, 5.74) is 0.651. The zero-order chi connectivity index (χ0) is 18.5. The van der Waals surface area contributed by atoms with Crippen LogP contribution in [-0.4, -0.2) is 97.7 Å². The highest BCUT2D eigenvalue weighted by atomic mass is 16.6. The Hall–Kier alpha value is -2.35. The highest BCUT2D eigenvalue weighted by Gasteiger charge is 2.26. The van der Waals surface area contributed by atoms with Crippen molar-refractivity contribution in [2.75, 3.05) is 70.9 Å². The number of anilines is 1. The van der Waals surface area contributed by atoms with Gasteiger partial charge in [0.2, 0.25) is 0 Å². The lowest BCUT2D eigenvalue weighted by atomic mass is 10.2. The minimum atomic E-state index is -0.305. The van der Waals surface area contributed by atoms with Crippen molar-refractivity contribution in [3.05, 3.63) is 23.9 Å². The van der Waals surface area contributed by atoms with Crippen LogP contribution < -0.4 is 4.90 Å². The van der Waals surface area contributed by atoms with E-state index in [0.29, 0.717) is 38.3 Å². The fourth-order valence-corrected chi connectivity index (χ4v) is 3.25. The molecule has 3 heterocycles. The molecule has 26 heavy (non-hydrogen) atoms. The standard InChI is InChI=1S/C18H27N5O3/c1-3-26-18(25)23-12-10-22(11-13-23)17(24)15-4-5-19-16(14-15)21-8-6-20(2)7-9-21/h4-5,14H,3,6-13H2,1-2H3. The summed E-state index contributed by atoms with van der Waals surface area (Å²) < 4.78 is 5.02. The van der Waals surface area contributed by atoms with E-state index in [0.717, 1.165) is 32.0 Å². The number of ether oxygens (including phenoxy) is 1. The average Bonchev–Trinajstić information content (AvgIpc) is 2.68. The predicted octanol–water partition coefficient (Wildman–Crippen LogP) is 0.748.